The summed E-state index contributed by atoms with van der Waals surface area (Å²) in [7, 11) is 5.94. The number of carboxylic acids is 1. The highest BCUT2D eigenvalue weighted by Crippen LogP contribution is 2.19. The quantitative estimate of drug-likeness (QED) is 0.0195. The van der Waals surface area contributed by atoms with Gasteiger partial charge in [0.15, 0.2) is 12.4 Å². The van der Waals surface area contributed by atoms with E-state index in [-0.39, 0.29) is 32.2 Å². The van der Waals surface area contributed by atoms with Crippen LogP contribution in [0.15, 0.2) is 60.8 Å². The number of carboxylic acid groups (broad SMARTS) is 1. The minimum Gasteiger partial charge on any atom is -0.545 e. The number of hydrogen-bond donors (Lipinski definition) is 0. The molecule has 0 aliphatic heterocycles. The molecule has 0 saturated heterocycles. The van der Waals surface area contributed by atoms with Crippen molar-refractivity contribution in [2.75, 3.05) is 47.5 Å². The third kappa shape index (κ3) is 68.3. The number of aliphatic carboxylic acids is 1. The fourth-order valence-electron chi connectivity index (χ4n) is 10.7. The molecule has 0 aromatic carbocycles. The topological polar surface area (TPSA) is 111 Å². The maximum Gasteiger partial charge on any atom is 0.306 e. The smallest absolute Gasteiger partial charge is 0.306 e. The van der Waals surface area contributed by atoms with Crippen LogP contribution in [-0.2, 0) is 33.3 Å². The van der Waals surface area contributed by atoms with Crippen LogP contribution in [0.1, 0.15) is 348 Å². The van der Waals surface area contributed by atoms with E-state index in [9.17, 15) is 19.5 Å². The highest BCUT2D eigenvalue weighted by atomic mass is 16.7. The van der Waals surface area contributed by atoms with E-state index in [1.54, 1.807) is 0 Å². The lowest BCUT2D eigenvalue weighted by Gasteiger charge is -2.26. The molecule has 0 N–H and O–H groups in total. The standard InChI is InChI=1S/C76H139NO8/c1-6-8-10-12-14-16-18-20-22-24-26-28-30-32-34-36-37-39-40-42-44-46-48-50-52-54-56-58-60-62-64-66-73(78)83-70-72(71-84-76(75(80)81)82-69-68-77(3,4)5)85-74(79)67-65-63-61-59-57-55-53-51-49-47-45-43-41-38-35-33-31-29-27-25-23-21-19-17-15-13-11-9-7-2/h9,11,15,17,21,23,27,29,33,35,72,76H,6-8,10,12-14,16,18-20,22,24-26,28,30-32,34,36-71H2,1-5H3/b11-9-,17-15-,23-21-,29-27-,35-33-. The van der Waals surface area contributed by atoms with Gasteiger partial charge in [0, 0.05) is 12.8 Å². The zero-order chi connectivity index (χ0) is 61.9. The second kappa shape index (κ2) is 66.9. The summed E-state index contributed by atoms with van der Waals surface area (Å²) in [5.74, 6) is -2.26. The van der Waals surface area contributed by atoms with E-state index in [2.05, 4.69) is 74.6 Å². The third-order valence-corrected chi connectivity index (χ3v) is 16.3. The molecule has 0 aliphatic carbocycles. The molecule has 0 heterocycles. The summed E-state index contributed by atoms with van der Waals surface area (Å²) in [5.41, 5.74) is 0. The Morgan fingerprint density at radius 3 is 1.00 bits per heavy atom. The van der Waals surface area contributed by atoms with Crippen LogP contribution in [0.4, 0.5) is 0 Å². The van der Waals surface area contributed by atoms with Crippen LogP contribution >= 0.6 is 0 Å². The van der Waals surface area contributed by atoms with Gasteiger partial charge in [0.05, 0.1) is 40.3 Å². The summed E-state index contributed by atoms with van der Waals surface area (Å²) in [4.78, 5) is 37.5. The fourth-order valence-corrected chi connectivity index (χ4v) is 10.7. The second-order valence-corrected chi connectivity index (χ2v) is 25.9. The molecule has 85 heavy (non-hydrogen) atoms. The van der Waals surface area contributed by atoms with Gasteiger partial charge >= 0.3 is 11.9 Å². The average Bonchev–Trinajstić information content (AvgIpc) is 3.48. The number of esters is 2. The molecule has 2 unspecified atom stereocenters. The SMILES string of the molecule is CC/C=C\C/C=C\C/C=C\C/C=C\C/C=C\CCCCCCCCCCCCCCCC(=O)OC(COC(=O)CCCCCCCCCCCCCCCCCCCCCCCCCCCCCCCCC)COC(OCC[N+](C)(C)C)C(=O)[O-]. The van der Waals surface area contributed by atoms with E-state index in [0.717, 1.165) is 70.6 Å². The van der Waals surface area contributed by atoms with Crippen LogP contribution in [-0.4, -0.2) is 82.3 Å². The van der Waals surface area contributed by atoms with Gasteiger partial charge in [-0.2, -0.15) is 0 Å². The van der Waals surface area contributed by atoms with Crippen molar-refractivity contribution in [2.45, 2.75) is 360 Å². The summed E-state index contributed by atoms with van der Waals surface area (Å²) in [6.07, 6.45) is 84.6. The van der Waals surface area contributed by atoms with Crippen molar-refractivity contribution in [2.24, 2.45) is 0 Å². The van der Waals surface area contributed by atoms with Gasteiger partial charge in [-0.25, -0.2) is 0 Å². The maximum absolute atomic E-state index is 12.9. The number of hydrogen-bond acceptors (Lipinski definition) is 8. The van der Waals surface area contributed by atoms with Crippen LogP contribution in [0, 0.1) is 0 Å². The molecule has 0 rings (SSSR count). The molecule has 0 aromatic heterocycles. The highest BCUT2D eigenvalue weighted by molar-refractivity contribution is 5.70. The average molecular weight is 1190 g/mol. The molecule has 9 heteroatoms. The van der Waals surface area contributed by atoms with E-state index >= 15 is 0 Å². The molecule has 0 aromatic rings. The molecule has 0 fully saturated rings. The van der Waals surface area contributed by atoms with Gasteiger partial charge in [-0.1, -0.05) is 338 Å². The largest absolute Gasteiger partial charge is 0.545 e. The molecule has 0 radical (unpaired) electrons. The predicted octanol–water partition coefficient (Wildman–Crippen LogP) is 21.4. The van der Waals surface area contributed by atoms with Gasteiger partial charge in [0.1, 0.15) is 13.2 Å². The summed E-state index contributed by atoms with van der Waals surface area (Å²) < 4.78 is 22.8. The Kier molecular flexibility index (Phi) is 64.6. The Bertz CT molecular complexity index is 1580. The number of ether oxygens (including phenoxy) is 4. The van der Waals surface area contributed by atoms with Crippen molar-refractivity contribution < 1.29 is 42.9 Å². The van der Waals surface area contributed by atoms with Gasteiger partial charge in [0.25, 0.3) is 0 Å². The Hall–Kier alpha value is -3.01. The first-order chi connectivity index (χ1) is 41.6. The predicted molar refractivity (Wildman–Crippen MR) is 362 cm³/mol. The molecule has 2 atom stereocenters. The lowest BCUT2D eigenvalue weighted by Crippen LogP contribution is -2.44. The van der Waals surface area contributed by atoms with E-state index in [0.29, 0.717) is 23.9 Å². The van der Waals surface area contributed by atoms with Gasteiger partial charge < -0.3 is 33.3 Å². The van der Waals surface area contributed by atoms with Gasteiger partial charge in [-0.15, -0.1) is 0 Å². The van der Waals surface area contributed by atoms with E-state index in [1.165, 1.54) is 244 Å². The molecule has 0 spiro atoms. The van der Waals surface area contributed by atoms with E-state index in [4.69, 9.17) is 18.9 Å². The number of unbranched alkanes of at least 4 members (excludes halogenated alkanes) is 43. The van der Waals surface area contributed by atoms with Crippen LogP contribution in [0.3, 0.4) is 0 Å². The first-order valence-electron chi connectivity index (χ1n) is 36.4. The van der Waals surface area contributed by atoms with Crippen LogP contribution in [0.2, 0.25) is 0 Å². The van der Waals surface area contributed by atoms with Crippen molar-refractivity contribution in [3.63, 3.8) is 0 Å². The Morgan fingerprint density at radius 2 is 0.671 bits per heavy atom. The first-order valence-corrected chi connectivity index (χ1v) is 36.4. The molecular formula is C76H139NO8. The molecule has 0 bridgehead atoms. The third-order valence-electron chi connectivity index (χ3n) is 16.3. The number of nitrogens with zero attached hydrogens (tertiary/aromatic N) is 1. The van der Waals surface area contributed by atoms with Crippen LogP contribution < -0.4 is 5.11 Å². The van der Waals surface area contributed by atoms with Gasteiger partial charge in [-0.3, -0.25) is 9.59 Å². The summed E-state index contributed by atoms with van der Waals surface area (Å²) in [6, 6.07) is 0. The number of allylic oxidation sites excluding steroid dienone is 10. The minimum absolute atomic E-state index is 0.148. The van der Waals surface area contributed by atoms with E-state index in [1.807, 2.05) is 21.1 Å². The number of carbonyl (C=O) groups is 3. The Balaban J connectivity index is 4.06. The van der Waals surface area contributed by atoms with Gasteiger partial charge in [0.2, 0.25) is 0 Å². The van der Waals surface area contributed by atoms with Crippen molar-refractivity contribution in [1.82, 2.24) is 0 Å². The fraction of sp³-hybridized carbons (Fsp3) is 0.829. The number of carbonyl (C=O) groups excluding carboxylic acids is 3. The van der Waals surface area contributed by atoms with Crippen molar-refractivity contribution in [3.8, 4) is 0 Å². The molecular weight excluding hydrogens is 1050 g/mol. The maximum atomic E-state index is 12.9. The van der Waals surface area contributed by atoms with Crippen molar-refractivity contribution in [3.05, 3.63) is 60.8 Å². The second-order valence-electron chi connectivity index (χ2n) is 25.9. The molecule has 0 aliphatic rings. The Morgan fingerprint density at radius 1 is 0.365 bits per heavy atom. The number of quaternary nitrogens is 1. The van der Waals surface area contributed by atoms with E-state index < -0.39 is 24.3 Å². The van der Waals surface area contributed by atoms with Crippen molar-refractivity contribution >= 4 is 17.9 Å². The normalized spacial score (nSPS) is 13.0. The van der Waals surface area contributed by atoms with Crippen molar-refractivity contribution in [1.29, 1.82) is 0 Å². The molecule has 0 amide bonds. The molecule has 0 saturated carbocycles. The van der Waals surface area contributed by atoms with Crippen LogP contribution in [0.5, 0.6) is 0 Å². The zero-order valence-corrected chi connectivity index (χ0v) is 56.7. The summed E-state index contributed by atoms with van der Waals surface area (Å²) in [6.45, 7) is 4.69. The van der Waals surface area contributed by atoms with Crippen LogP contribution in [0.25, 0.3) is 0 Å². The molecule has 496 valence electrons. The minimum atomic E-state index is -1.62. The zero-order valence-electron chi connectivity index (χ0n) is 56.7. The summed E-state index contributed by atoms with van der Waals surface area (Å²) >= 11 is 0. The highest BCUT2D eigenvalue weighted by Gasteiger charge is 2.22. The number of likely N-dealkylation sites (N-methyl/N-ethyl adjacent to an activating group) is 1. The monoisotopic (exact) mass is 1190 g/mol. The summed E-state index contributed by atoms with van der Waals surface area (Å²) in [5, 5.41) is 11.8. The Labute approximate surface area is 526 Å². The van der Waals surface area contributed by atoms with Gasteiger partial charge in [-0.05, 0) is 57.8 Å². The number of rotatable bonds is 68. The lowest BCUT2D eigenvalue weighted by atomic mass is 10.0. The first kappa shape index (κ1) is 82.0. The lowest BCUT2D eigenvalue weighted by molar-refractivity contribution is -0.870. The molecule has 9 nitrogen and oxygen atoms in total.